The molecule has 2 heteroatoms. The largest absolute Gasteiger partial charge is 0.294 e. The maximum Gasteiger partial charge on any atom is 0.133 e. The number of aliphatic imine (C=N–C) groups is 1. The van der Waals surface area contributed by atoms with Gasteiger partial charge in [0.1, 0.15) is 5.82 Å². The van der Waals surface area contributed by atoms with E-state index in [0.717, 1.165) is 43.6 Å². The Bertz CT molecular complexity index is 2970. The van der Waals surface area contributed by atoms with Crippen molar-refractivity contribution in [1.82, 2.24) is 4.57 Å². The molecule has 1 aliphatic carbocycles. The van der Waals surface area contributed by atoms with E-state index in [1.54, 1.807) is 0 Å². The minimum absolute atomic E-state index is 0.0830. The van der Waals surface area contributed by atoms with E-state index in [2.05, 4.69) is 214 Å². The van der Waals surface area contributed by atoms with Crippen LogP contribution in [0.4, 0.5) is 0 Å². The first-order valence-electron chi connectivity index (χ1n) is 22.3. The average molecular weight is 791 g/mol. The van der Waals surface area contributed by atoms with Crippen LogP contribution in [-0.4, -0.2) is 10.3 Å². The van der Waals surface area contributed by atoms with E-state index in [9.17, 15) is 0 Å². The summed E-state index contributed by atoms with van der Waals surface area (Å²) in [6.45, 7) is 9.34. The minimum Gasteiger partial charge on any atom is -0.294 e. The van der Waals surface area contributed by atoms with Gasteiger partial charge in [0.15, 0.2) is 0 Å². The SMILES string of the molecule is C[C@H]1C/C=C(n2c3ccccc3c3ccc4c(c32)CCC(c2cccc(C(C)(C)C)c2)c2ccccc2-4)/N=C(/c2ccccc2)CC/C=C\1c1ccc(-c2ccccc2)cc1. The van der Waals surface area contributed by atoms with Crippen molar-refractivity contribution in [3.63, 3.8) is 0 Å². The number of benzene rings is 7. The highest BCUT2D eigenvalue weighted by Crippen LogP contribution is 2.46. The maximum atomic E-state index is 5.75. The topological polar surface area (TPSA) is 17.3 Å². The van der Waals surface area contributed by atoms with Crippen LogP contribution in [-0.2, 0) is 11.8 Å². The molecule has 61 heavy (non-hydrogen) atoms. The Hall–Kier alpha value is -6.51. The van der Waals surface area contributed by atoms with Crippen LogP contribution in [0.5, 0.6) is 0 Å². The maximum absolute atomic E-state index is 5.75. The van der Waals surface area contributed by atoms with Crippen molar-refractivity contribution in [1.29, 1.82) is 0 Å². The molecule has 0 bridgehead atoms. The average Bonchev–Trinajstić information content (AvgIpc) is 3.53. The Labute approximate surface area is 361 Å². The predicted molar refractivity (Wildman–Crippen MR) is 260 cm³/mol. The van der Waals surface area contributed by atoms with Gasteiger partial charge in [-0.3, -0.25) is 4.57 Å². The summed E-state index contributed by atoms with van der Waals surface area (Å²) in [5.74, 6) is 1.60. The molecule has 2 heterocycles. The molecule has 7 aromatic carbocycles. The number of aryl methyl sites for hydroxylation is 1. The summed E-state index contributed by atoms with van der Waals surface area (Å²) < 4.78 is 2.53. The van der Waals surface area contributed by atoms with Crippen molar-refractivity contribution in [2.24, 2.45) is 10.9 Å². The zero-order valence-corrected chi connectivity index (χ0v) is 35.9. The summed E-state index contributed by atoms with van der Waals surface area (Å²) in [4.78, 5) is 5.75. The Kier molecular flexibility index (Phi) is 10.2. The summed E-state index contributed by atoms with van der Waals surface area (Å²) in [6, 6.07) is 63.1. The first-order valence-corrected chi connectivity index (χ1v) is 22.3. The Balaban J connectivity index is 1.14. The van der Waals surface area contributed by atoms with Gasteiger partial charge < -0.3 is 0 Å². The van der Waals surface area contributed by atoms with Gasteiger partial charge in [-0.1, -0.05) is 198 Å². The molecule has 0 saturated carbocycles. The number of hydrogen-bond donors (Lipinski definition) is 0. The fraction of sp³-hybridized carbons (Fsp3) is 0.203. The molecule has 0 amide bonds. The first kappa shape index (κ1) is 38.7. The number of para-hydroxylation sites is 1. The van der Waals surface area contributed by atoms with Gasteiger partial charge in [0.25, 0.3) is 0 Å². The van der Waals surface area contributed by atoms with Crippen molar-refractivity contribution >= 4 is 38.9 Å². The number of rotatable bonds is 5. The van der Waals surface area contributed by atoms with Gasteiger partial charge in [-0.2, -0.15) is 0 Å². The Morgan fingerprint density at radius 3 is 2.05 bits per heavy atom. The molecule has 1 aromatic heterocycles. The molecule has 0 saturated heterocycles. The minimum atomic E-state index is 0.0830. The number of fused-ring (bicyclic) bond motifs is 7. The molecule has 0 fully saturated rings. The highest BCUT2D eigenvalue weighted by molar-refractivity contribution is 6.13. The predicted octanol–water partition coefficient (Wildman–Crippen LogP) is 15.7. The van der Waals surface area contributed by atoms with Crippen LogP contribution in [0.3, 0.4) is 0 Å². The van der Waals surface area contributed by atoms with Crippen LogP contribution in [0.15, 0.2) is 187 Å². The molecule has 0 radical (unpaired) electrons. The third-order valence-electron chi connectivity index (χ3n) is 13.2. The molecule has 0 spiro atoms. The van der Waals surface area contributed by atoms with Gasteiger partial charge in [-0.15, -0.1) is 0 Å². The standard InChI is InChI=1S/C59H54N2/c1-40-29-38-57(60-55(44-19-9-6-10-20-44)27-16-26-47(40)43-32-30-42(31-33-43)41-17-7-5-8-18-41)61-56-28-14-13-25-52(56)54-37-35-51-50-24-12-11-23-49(50)48(34-36-53(51)58(54)61)45-21-15-22-46(39-45)59(2,3)4/h5-15,17-26,28,30-33,35,37-40,48H,16,27,29,34,36H2,1-4H3/b47-26+,57-38-,60-55+/t40-,48?/m0/s1. The van der Waals surface area contributed by atoms with Crippen LogP contribution >= 0.6 is 0 Å². The molecule has 300 valence electrons. The molecule has 2 atom stereocenters. The van der Waals surface area contributed by atoms with E-state index >= 15 is 0 Å². The van der Waals surface area contributed by atoms with Gasteiger partial charge in [0.05, 0.1) is 16.7 Å². The fourth-order valence-electron chi connectivity index (χ4n) is 10.0. The van der Waals surface area contributed by atoms with Crippen LogP contribution in [0.1, 0.15) is 92.7 Å². The lowest BCUT2D eigenvalue weighted by atomic mass is 9.81. The Morgan fingerprint density at radius 1 is 0.574 bits per heavy atom. The Morgan fingerprint density at radius 2 is 1.26 bits per heavy atom. The van der Waals surface area contributed by atoms with Crippen LogP contribution < -0.4 is 0 Å². The van der Waals surface area contributed by atoms with Gasteiger partial charge >= 0.3 is 0 Å². The summed E-state index contributed by atoms with van der Waals surface area (Å²) >= 11 is 0. The van der Waals surface area contributed by atoms with E-state index < -0.39 is 0 Å². The first-order chi connectivity index (χ1) is 29.8. The molecular formula is C59H54N2. The smallest absolute Gasteiger partial charge is 0.133 e. The van der Waals surface area contributed by atoms with E-state index in [-0.39, 0.29) is 5.41 Å². The highest BCUT2D eigenvalue weighted by atomic mass is 15.1. The van der Waals surface area contributed by atoms with Crippen molar-refractivity contribution in [3.05, 3.63) is 215 Å². The number of nitrogens with zero attached hydrogens (tertiary/aromatic N) is 2. The molecule has 1 unspecified atom stereocenters. The van der Waals surface area contributed by atoms with Crippen molar-refractivity contribution < 1.29 is 0 Å². The zero-order chi connectivity index (χ0) is 41.5. The van der Waals surface area contributed by atoms with E-state index in [0.29, 0.717) is 11.8 Å². The van der Waals surface area contributed by atoms with E-state index in [1.807, 2.05) is 0 Å². The third kappa shape index (κ3) is 7.39. The molecule has 2 aliphatic rings. The second-order valence-electron chi connectivity index (χ2n) is 18.2. The lowest BCUT2D eigenvalue weighted by Gasteiger charge is -2.23. The quantitative estimate of drug-likeness (QED) is 0.165. The summed E-state index contributed by atoms with van der Waals surface area (Å²) in [5.41, 5.74) is 18.4. The lowest BCUT2D eigenvalue weighted by Crippen LogP contribution is -2.12. The number of aromatic nitrogens is 1. The lowest BCUT2D eigenvalue weighted by molar-refractivity contribution is 0.587. The monoisotopic (exact) mass is 790 g/mol. The molecule has 10 rings (SSSR count). The fourth-order valence-corrected chi connectivity index (χ4v) is 10.0. The van der Waals surface area contributed by atoms with Crippen molar-refractivity contribution in [2.75, 3.05) is 0 Å². The zero-order valence-electron chi connectivity index (χ0n) is 35.9. The van der Waals surface area contributed by atoms with Gasteiger partial charge in [0.2, 0.25) is 0 Å². The normalized spacial score (nSPS) is 19.7. The summed E-state index contributed by atoms with van der Waals surface area (Å²) in [7, 11) is 0. The summed E-state index contributed by atoms with van der Waals surface area (Å²) in [6.07, 6.45) is 9.53. The second kappa shape index (κ2) is 16.2. The van der Waals surface area contributed by atoms with Gasteiger partial charge in [-0.25, -0.2) is 4.99 Å². The number of hydrogen-bond acceptors (Lipinski definition) is 1. The third-order valence-corrected chi connectivity index (χ3v) is 13.2. The molecule has 2 nitrogen and oxygen atoms in total. The molecule has 8 aromatic rings. The summed E-state index contributed by atoms with van der Waals surface area (Å²) in [5, 5.41) is 2.57. The second-order valence-corrected chi connectivity index (χ2v) is 18.2. The molecule has 0 N–H and O–H groups in total. The molecule has 1 aliphatic heterocycles. The number of allylic oxidation sites excluding steroid dienone is 3. The molecular weight excluding hydrogens is 737 g/mol. The van der Waals surface area contributed by atoms with Crippen molar-refractivity contribution in [3.8, 4) is 22.3 Å². The van der Waals surface area contributed by atoms with E-state index in [1.165, 1.54) is 83.0 Å². The van der Waals surface area contributed by atoms with Crippen LogP contribution in [0.25, 0.3) is 55.5 Å². The highest BCUT2D eigenvalue weighted by Gasteiger charge is 2.28. The van der Waals surface area contributed by atoms with Crippen molar-refractivity contribution in [2.45, 2.75) is 71.1 Å². The van der Waals surface area contributed by atoms with Crippen LogP contribution in [0.2, 0.25) is 0 Å². The van der Waals surface area contributed by atoms with Gasteiger partial charge in [-0.05, 0) is 117 Å². The van der Waals surface area contributed by atoms with E-state index in [4.69, 9.17) is 4.99 Å². The van der Waals surface area contributed by atoms with Gasteiger partial charge in [0, 0.05) is 16.7 Å². The van der Waals surface area contributed by atoms with Crippen LogP contribution in [0, 0.1) is 5.92 Å².